The van der Waals surface area contributed by atoms with E-state index in [1.54, 1.807) is 27.5 Å². The van der Waals surface area contributed by atoms with Crippen molar-refractivity contribution in [3.05, 3.63) is 47.3 Å². The van der Waals surface area contributed by atoms with Gasteiger partial charge in [0.05, 0.1) is 22.9 Å². The van der Waals surface area contributed by atoms with E-state index in [2.05, 4.69) is 21.5 Å². The van der Waals surface area contributed by atoms with E-state index in [1.165, 1.54) is 16.3 Å². The van der Waals surface area contributed by atoms with Crippen LogP contribution in [0, 0.1) is 0 Å². The molecule has 10 nitrogen and oxygen atoms in total. The number of likely N-dealkylation sites (tertiary alicyclic amines) is 1. The fourth-order valence-electron chi connectivity index (χ4n) is 3.94. The minimum atomic E-state index is -3.33. The molecule has 1 amide bonds. The Morgan fingerprint density at radius 3 is 2.88 bits per heavy atom. The second kappa shape index (κ2) is 9.04. The first-order valence-electron chi connectivity index (χ1n) is 10.1. The number of allylic oxidation sites excluding steroid dienone is 1. The number of fused-ring (bicyclic) bond motifs is 3. The summed E-state index contributed by atoms with van der Waals surface area (Å²) in [5.41, 5.74) is 0.494. The second-order valence-electron chi connectivity index (χ2n) is 7.70. The minimum absolute atomic E-state index is 0.101. The highest BCUT2D eigenvalue weighted by atomic mass is 32.2. The van der Waals surface area contributed by atoms with Crippen LogP contribution in [0.25, 0.3) is 16.7 Å². The van der Waals surface area contributed by atoms with Gasteiger partial charge in [0.2, 0.25) is 21.7 Å². The van der Waals surface area contributed by atoms with Crippen molar-refractivity contribution in [2.45, 2.75) is 30.6 Å². The van der Waals surface area contributed by atoms with Crippen LogP contribution in [0.1, 0.15) is 12.8 Å². The van der Waals surface area contributed by atoms with Gasteiger partial charge in [-0.2, -0.15) is 0 Å². The molecule has 0 bridgehead atoms. The number of nitrogens with one attached hydrogen (secondary N) is 1. The van der Waals surface area contributed by atoms with Gasteiger partial charge >= 0.3 is 0 Å². The maximum Gasteiger partial charge on any atom is 0.263 e. The highest BCUT2D eigenvalue weighted by Crippen LogP contribution is 2.22. The summed E-state index contributed by atoms with van der Waals surface area (Å²) < 4.78 is 28.9. The van der Waals surface area contributed by atoms with Gasteiger partial charge in [-0.05, 0) is 25.0 Å². The number of rotatable bonds is 7. The first-order chi connectivity index (χ1) is 15.3. The minimum Gasteiger partial charge on any atom is -0.340 e. The van der Waals surface area contributed by atoms with E-state index >= 15 is 0 Å². The lowest BCUT2D eigenvalue weighted by Crippen LogP contribution is -2.49. The van der Waals surface area contributed by atoms with Gasteiger partial charge in [0.1, 0.15) is 0 Å². The Balaban J connectivity index is 1.58. The number of carbonyl (C=O) groups excluding carboxylic acids is 1. The van der Waals surface area contributed by atoms with Crippen molar-refractivity contribution >= 4 is 44.4 Å². The first kappa shape index (κ1) is 22.5. The van der Waals surface area contributed by atoms with Gasteiger partial charge in [0.15, 0.2) is 5.16 Å². The zero-order valence-corrected chi connectivity index (χ0v) is 19.2. The lowest BCUT2D eigenvalue weighted by Gasteiger charge is -2.32. The highest BCUT2D eigenvalue weighted by Gasteiger charge is 2.26. The van der Waals surface area contributed by atoms with Gasteiger partial charge in [0.25, 0.3) is 5.56 Å². The average molecular weight is 477 g/mol. The van der Waals surface area contributed by atoms with Gasteiger partial charge in [-0.25, -0.2) is 13.1 Å². The second-order valence-corrected chi connectivity index (χ2v) is 10.4. The van der Waals surface area contributed by atoms with Crippen LogP contribution in [0.2, 0.25) is 0 Å². The molecule has 0 spiro atoms. The lowest BCUT2D eigenvalue weighted by atomic mass is 10.1. The Morgan fingerprint density at radius 2 is 2.12 bits per heavy atom. The molecule has 32 heavy (non-hydrogen) atoms. The molecule has 4 rings (SSSR count). The van der Waals surface area contributed by atoms with E-state index in [-0.39, 0.29) is 29.8 Å². The summed E-state index contributed by atoms with van der Waals surface area (Å²) in [6, 6.07) is 6.92. The van der Waals surface area contributed by atoms with Crippen LogP contribution >= 0.6 is 11.8 Å². The standard InChI is InChI=1S/C20H24N6O4S2/c1-3-10-25-18(28)15-8-4-5-9-16(15)26-19(25)21-22-20(26)31-13-17(27)24-11-6-7-14(12-24)23-32(2,29)30/h3-5,8-9,14,23H,1,6-7,10-13H2,2H3. The Labute approximate surface area is 189 Å². The number of thioether (sulfide) groups is 1. The maximum absolute atomic E-state index is 12.9. The number of para-hydroxylation sites is 1. The maximum atomic E-state index is 12.9. The van der Waals surface area contributed by atoms with E-state index in [0.29, 0.717) is 41.3 Å². The van der Waals surface area contributed by atoms with Crippen LogP contribution in [0.15, 0.2) is 46.9 Å². The molecule has 0 aliphatic carbocycles. The molecule has 1 atom stereocenters. The molecule has 3 heterocycles. The van der Waals surface area contributed by atoms with Gasteiger partial charge in [-0.1, -0.05) is 30.0 Å². The van der Waals surface area contributed by atoms with Crippen molar-refractivity contribution in [3.63, 3.8) is 0 Å². The monoisotopic (exact) mass is 476 g/mol. The Hall–Kier alpha value is -2.70. The Morgan fingerprint density at radius 1 is 1.34 bits per heavy atom. The number of sulfonamides is 1. The highest BCUT2D eigenvalue weighted by molar-refractivity contribution is 7.99. The van der Waals surface area contributed by atoms with Crippen molar-refractivity contribution in [2.24, 2.45) is 0 Å². The molecule has 1 unspecified atom stereocenters. The molecule has 1 N–H and O–H groups in total. The number of benzene rings is 1. The van der Waals surface area contributed by atoms with Crippen molar-refractivity contribution in [2.75, 3.05) is 25.1 Å². The zero-order valence-electron chi connectivity index (χ0n) is 17.6. The van der Waals surface area contributed by atoms with Crippen molar-refractivity contribution in [3.8, 4) is 0 Å². The van der Waals surface area contributed by atoms with E-state index in [1.807, 2.05) is 12.1 Å². The van der Waals surface area contributed by atoms with Crippen LogP contribution in [0.4, 0.5) is 0 Å². The predicted molar refractivity (Wildman–Crippen MR) is 123 cm³/mol. The van der Waals surface area contributed by atoms with E-state index in [9.17, 15) is 18.0 Å². The molecule has 0 saturated carbocycles. The summed E-state index contributed by atoms with van der Waals surface area (Å²) in [5.74, 6) is 0.413. The van der Waals surface area contributed by atoms with E-state index < -0.39 is 10.0 Å². The van der Waals surface area contributed by atoms with Crippen molar-refractivity contribution < 1.29 is 13.2 Å². The number of amides is 1. The third-order valence-electron chi connectivity index (χ3n) is 5.27. The smallest absolute Gasteiger partial charge is 0.263 e. The quantitative estimate of drug-likeness (QED) is 0.397. The molecule has 0 radical (unpaired) electrons. The summed E-state index contributed by atoms with van der Waals surface area (Å²) in [7, 11) is -3.33. The normalized spacial score (nSPS) is 17.2. The van der Waals surface area contributed by atoms with Crippen LogP contribution < -0.4 is 10.3 Å². The average Bonchev–Trinajstić information content (AvgIpc) is 3.18. The van der Waals surface area contributed by atoms with Crippen LogP contribution in [0.5, 0.6) is 0 Å². The van der Waals surface area contributed by atoms with Crippen LogP contribution in [0.3, 0.4) is 0 Å². The largest absolute Gasteiger partial charge is 0.340 e. The number of carbonyl (C=O) groups is 1. The SMILES string of the molecule is C=CCn1c(=O)c2ccccc2n2c(SCC(=O)N3CCCC(NS(C)(=O)=O)C3)nnc12. The molecular formula is C20H24N6O4S2. The summed E-state index contributed by atoms with van der Waals surface area (Å²) in [6.07, 6.45) is 4.18. The molecule has 1 saturated heterocycles. The summed E-state index contributed by atoms with van der Waals surface area (Å²) in [5, 5.41) is 9.46. The third kappa shape index (κ3) is 4.57. The van der Waals surface area contributed by atoms with Gasteiger partial charge in [0, 0.05) is 25.7 Å². The molecule has 1 aromatic carbocycles. The molecular weight excluding hydrogens is 452 g/mol. The van der Waals surface area contributed by atoms with Gasteiger partial charge in [-0.15, -0.1) is 16.8 Å². The molecule has 12 heteroatoms. The van der Waals surface area contributed by atoms with E-state index in [4.69, 9.17) is 0 Å². The Bertz CT molecular complexity index is 1350. The lowest BCUT2D eigenvalue weighted by molar-refractivity contribution is -0.129. The molecule has 1 aliphatic heterocycles. The van der Waals surface area contributed by atoms with Crippen LogP contribution in [-0.2, 0) is 21.4 Å². The van der Waals surface area contributed by atoms with Crippen molar-refractivity contribution in [1.82, 2.24) is 28.8 Å². The van der Waals surface area contributed by atoms with Gasteiger partial charge in [-0.3, -0.25) is 18.6 Å². The predicted octanol–water partition coefficient (Wildman–Crippen LogP) is 0.862. The Kier molecular flexibility index (Phi) is 6.35. The van der Waals surface area contributed by atoms with Gasteiger partial charge < -0.3 is 4.90 Å². The number of nitrogens with zero attached hydrogens (tertiary/aromatic N) is 5. The number of hydrogen-bond donors (Lipinski definition) is 1. The summed E-state index contributed by atoms with van der Waals surface area (Å²) >= 11 is 1.24. The molecule has 1 fully saturated rings. The molecule has 1 aliphatic rings. The third-order valence-corrected chi connectivity index (χ3v) is 6.94. The fourth-order valence-corrected chi connectivity index (χ4v) is 5.58. The van der Waals surface area contributed by atoms with Crippen molar-refractivity contribution in [1.29, 1.82) is 0 Å². The van der Waals surface area contributed by atoms with E-state index in [0.717, 1.165) is 12.7 Å². The summed E-state index contributed by atoms with van der Waals surface area (Å²) in [4.78, 5) is 27.4. The number of piperidine rings is 1. The topological polar surface area (TPSA) is 119 Å². The molecule has 170 valence electrons. The molecule has 3 aromatic rings. The fraction of sp³-hybridized carbons (Fsp3) is 0.400. The summed E-state index contributed by atoms with van der Waals surface area (Å²) in [6.45, 7) is 4.93. The molecule has 2 aromatic heterocycles. The number of hydrogen-bond acceptors (Lipinski definition) is 7. The first-order valence-corrected chi connectivity index (χ1v) is 13.0. The van der Waals surface area contributed by atoms with Crippen LogP contribution in [-0.4, -0.2) is 69.5 Å². The number of aromatic nitrogens is 4. The zero-order chi connectivity index (χ0) is 22.9.